The minimum Gasteiger partial charge on any atom is -0.377 e. The van der Waals surface area contributed by atoms with Gasteiger partial charge in [-0.25, -0.2) is 0 Å². The Morgan fingerprint density at radius 2 is 1.79 bits per heavy atom. The molecule has 2 heterocycles. The van der Waals surface area contributed by atoms with Crippen LogP contribution < -0.4 is 4.90 Å². The third kappa shape index (κ3) is 4.50. The standard InChI is InChI=1S/C25H27N5O3/c1-17-16-29(24(32)18-7-5-4-6-8-18)13-14-30(17)25(33)23(31)20-10-9-19(15-22(20)28(2)3)21-11-12-26-27-21/h4-12,15,17H,13-14,16H2,1-3H3,(H,26,27)/t17-/m1/s1. The summed E-state index contributed by atoms with van der Waals surface area (Å²) < 4.78 is 0. The zero-order valence-electron chi connectivity index (χ0n) is 19.0. The van der Waals surface area contributed by atoms with E-state index in [1.165, 1.54) is 0 Å². The number of anilines is 1. The Hall–Kier alpha value is -3.94. The molecule has 2 aromatic carbocycles. The Morgan fingerprint density at radius 1 is 1.03 bits per heavy atom. The maximum atomic E-state index is 13.2. The average molecular weight is 446 g/mol. The van der Waals surface area contributed by atoms with E-state index < -0.39 is 11.7 Å². The van der Waals surface area contributed by atoms with Gasteiger partial charge in [0.15, 0.2) is 0 Å². The van der Waals surface area contributed by atoms with Gasteiger partial charge in [-0.05, 0) is 37.3 Å². The Bertz CT molecular complexity index is 1160. The van der Waals surface area contributed by atoms with E-state index >= 15 is 0 Å². The summed E-state index contributed by atoms with van der Waals surface area (Å²) in [6.07, 6.45) is 1.73. The SMILES string of the molecule is C[C@@H]1CN(C(=O)c2ccccc2)CCN1C(=O)C(=O)c1ccc(-c2cc[nH]n2)cc1N(C)C. The molecule has 0 spiro atoms. The second kappa shape index (κ2) is 9.28. The molecule has 8 nitrogen and oxygen atoms in total. The lowest BCUT2D eigenvalue weighted by Crippen LogP contribution is -2.56. The van der Waals surface area contributed by atoms with Crippen LogP contribution in [0.25, 0.3) is 11.3 Å². The number of carbonyl (C=O) groups excluding carboxylic acids is 3. The van der Waals surface area contributed by atoms with Gasteiger partial charge in [0.2, 0.25) is 0 Å². The summed E-state index contributed by atoms with van der Waals surface area (Å²) in [5.41, 5.74) is 3.23. The number of aromatic nitrogens is 2. The molecule has 1 saturated heterocycles. The first-order valence-electron chi connectivity index (χ1n) is 10.9. The van der Waals surface area contributed by atoms with E-state index in [9.17, 15) is 14.4 Å². The van der Waals surface area contributed by atoms with Gasteiger partial charge in [0.05, 0.1) is 11.3 Å². The lowest BCUT2D eigenvalue weighted by atomic mass is 10.0. The van der Waals surface area contributed by atoms with Crippen molar-refractivity contribution in [3.05, 3.63) is 71.9 Å². The van der Waals surface area contributed by atoms with E-state index in [1.54, 1.807) is 40.3 Å². The van der Waals surface area contributed by atoms with E-state index in [-0.39, 0.29) is 11.9 Å². The molecule has 2 amide bonds. The lowest BCUT2D eigenvalue weighted by Gasteiger charge is -2.39. The summed E-state index contributed by atoms with van der Waals surface area (Å²) in [4.78, 5) is 44.3. The fraction of sp³-hybridized carbons (Fsp3) is 0.280. The van der Waals surface area contributed by atoms with Crippen LogP contribution in [-0.4, -0.2) is 77.4 Å². The second-order valence-electron chi connectivity index (χ2n) is 8.38. The fourth-order valence-corrected chi connectivity index (χ4v) is 4.13. The maximum absolute atomic E-state index is 13.2. The van der Waals surface area contributed by atoms with E-state index in [0.29, 0.717) is 36.4 Å². The van der Waals surface area contributed by atoms with Gasteiger partial charge in [-0.3, -0.25) is 19.5 Å². The van der Waals surface area contributed by atoms with Crippen LogP contribution in [0.4, 0.5) is 5.69 Å². The fourth-order valence-electron chi connectivity index (χ4n) is 4.13. The van der Waals surface area contributed by atoms with Gasteiger partial charge in [0.1, 0.15) is 0 Å². The number of benzene rings is 2. The summed E-state index contributed by atoms with van der Waals surface area (Å²) in [5.74, 6) is -1.17. The van der Waals surface area contributed by atoms with Crippen LogP contribution in [0.15, 0.2) is 60.8 Å². The highest BCUT2D eigenvalue weighted by molar-refractivity contribution is 6.44. The molecule has 0 saturated carbocycles. The normalized spacial score (nSPS) is 15.9. The Kier molecular flexibility index (Phi) is 6.26. The van der Waals surface area contributed by atoms with Crippen LogP contribution in [0.3, 0.4) is 0 Å². The molecule has 1 fully saturated rings. The first-order valence-corrected chi connectivity index (χ1v) is 10.9. The number of amides is 2. The average Bonchev–Trinajstić information content (AvgIpc) is 3.38. The smallest absolute Gasteiger partial charge is 0.295 e. The third-order valence-corrected chi connectivity index (χ3v) is 5.91. The molecule has 3 aromatic rings. The number of nitrogens with one attached hydrogen (secondary N) is 1. The highest BCUT2D eigenvalue weighted by atomic mass is 16.2. The number of carbonyl (C=O) groups is 3. The third-order valence-electron chi connectivity index (χ3n) is 5.91. The molecule has 1 aliphatic heterocycles. The zero-order chi connectivity index (χ0) is 23.5. The molecule has 0 aliphatic carbocycles. The molecule has 0 bridgehead atoms. The van der Waals surface area contributed by atoms with Gasteiger partial charge in [-0.15, -0.1) is 0 Å². The number of nitrogens with zero attached hydrogens (tertiary/aromatic N) is 4. The Labute approximate surface area is 192 Å². The monoisotopic (exact) mass is 445 g/mol. The quantitative estimate of drug-likeness (QED) is 0.482. The molecule has 170 valence electrons. The number of hydrogen-bond acceptors (Lipinski definition) is 5. The molecule has 1 N–H and O–H groups in total. The van der Waals surface area contributed by atoms with Crippen LogP contribution in [0, 0.1) is 0 Å². The van der Waals surface area contributed by atoms with Crippen LogP contribution in [0.5, 0.6) is 0 Å². The van der Waals surface area contributed by atoms with E-state index in [0.717, 1.165) is 11.3 Å². The van der Waals surface area contributed by atoms with Crippen molar-refractivity contribution in [3.63, 3.8) is 0 Å². The summed E-state index contributed by atoms with van der Waals surface area (Å²) in [6, 6.07) is 16.0. The molecule has 33 heavy (non-hydrogen) atoms. The first kappa shape index (κ1) is 22.3. The number of H-pyrrole nitrogens is 1. The molecular formula is C25H27N5O3. The van der Waals surface area contributed by atoms with Gasteiger partial charge in [-0.2, -0.15) is 5.10 Å². The number of Topliss-reactive ketones (excluding diaryl/α,β-unsaturated/α-hetero) is 1. The van der Waals surface area contributed by atoms with E-state index in [4.69, 9.17) is 0 Å². The maximum Gasteiger partial charge on any atom is 0.295 e. The number of hydrogen-bond donors (Lipinski definition) is 1. The van der Waals surface area contributed by atoms with Crippen LogP contribution in [0.1, 0.15) is 27.6 Å². The van der Waals surface area contributed by atoms with E-state index in [2.05, 4.69) is 10.2 Å². The van der Waals surface area contributed by atoms with Crippen molar-refractivity contribution in [2.24, 2.45) is 0 Å². The van der Waals surface area contributed by atoms with Crippen molar-refractivity contribution in [1.29, 1.82) is 0 Å². The minimum atomic E-state index is -0.554. The lowest BCUT2D eigenvalue weighted by molar-refractivity contribution is -0.130. The van der Waals surface area contributed by atoms with Crippen molar-refractivity contribution in [3.8, 4) is 11.3 Å². The van der Waals surface area contributed by atoms with Crippen molar-refractivity contribution >= 4 is 23.3 Å². The molecule has 1 aliphatic rings. The summed E-state index contributed by atoms with van der Waals surface area (Å²) in [6.45, 7) is 2.94. The van der Waals surface area contributed by atoms with Crippen molar-refractivity contribution in [2.75, 3.05) is 38.6 Å². The van der Waals surface area contributed by atoms with Crippen LogP contribution >= 0.6 is 0 Å². The Balaban J connectivity index is 1.50. The summed E-state index contributed by atoms with van der Waals surface area (Å²) >= 11 is 0. The molecular weight excluding hydrogens is 418 g/mol. The van der Waals surface area contributed by atoms with Gasteiger partial charge in [0, 0.05) is 62.8 Å². The van der Waals surface area contributed by atoms with Crippen molar-refractivity contribution in [1.82, 2.24) is 20.0 Å². The highest BCUT2D eigenvalue weighted by Gasteiger charge is 2.34. The van der Waals surface area contributed by atoms with Crippen molar-refractivity contribution < 1.29 is 14.4 Å². The molecule has 0 radical (unpaired) electrons. The molecule has 8 heteroatoms. The highest BCUT2D eigenvalue weighted by Crippen LogP contribution is 2.27. The summed E-state index contributed by atoms with van der Waals surface area (Å²) in [5, 5.41) is 6.97. The predicted octanol–water partition coefficient (Wildman–Crippen LogP) is 2.70. The number of aromatic amines is 1. The first-order chi connectivity index (χ1) is 15.9. The second-order valence-corrected chi connectivity index (χ2v) is 8.38. The van der Waals surface area contributed by atoms with Gasteiger partial charge >= 0.3 is 0 Å². The topological polar surface area (TPSA) is 89.6 Å². The van der Waals surface area contributed by atoms with Crippen molar-refractivity contribution in [2.45, 2.75) is 13.0 Å². The molecule has 1 aromatic heterocycles. The largest absolute Gasteiger partial charge is 0.377 e. The minimum absolute atomic E-state index is 0.0651. The molecule has 0 unspecified atom stereocenters. The zero-order valence-corrected chi connectivity index (χ0v) is 19.0. The Morgan fingerprint density at radius 3 is 2.42 bits per heavy atom. The van der Waals surface area contributed by atoms with Gasteiger partial charge in [-0.1, -0.05) is 24.3 Å². The number of piperazine rings is 1. The van der Waals surface area contributed by atoms with Crippen LogP contribution in [-0.2, 0) is 4.79 Å². The van der Waals surface area contributed by atoms with Gasteiger partial charge in [0.25, 0.3) is 17.6 Å². The molecule has 1 atom stereocenters. The number of ketones is 1. The summed E-state index contributed by atoms with van der Waals surface area (Å²) in [7, 11) is 3.67. The number of rotatable bonds is 5. The van der Waals surface area contributed by atoms with Gasteiger partial charge < -0.3 is 14.7 Å². The van der Waals surface area contributed by atoms with E-state index in [1.807, 2.05) is 56.3 Å². The van der Waals surface area contributed by atoms with Crippen LogP contribution in [0.2, 0.25) is 0 Å². The molecule has 4 rings (SSSR count). The predicted molar refractivity (Wildman–Crippen MR) is 126 cm³/mol.